The summed E-state index contributed by atoms with van der Waals surface area (Å²) in [5.74, 6) is 0.873. The maximum atomic E-state index is 10.4. The molecule has 1 N–H and O–H groups in total. The van der Waals surface area contributed by atoms with Crippen molar-refractivity contribution in [1.29, 1.82) is 0 Å². The van der Waals surface area contributed by atoms with Crippen LogP contribution in [0.1, 0.15) is 63.2 Å². The first-order valence-corrected chi connectivity index (χ1v) is 7.08. The number of aliphatic hydroxyl groups excluding tert-OH is 1. The van der Waals surface area contributed by atoms with Gasteiger partial charge in [0.15, 0.2) is 0 Å². The van der Waals surface area contributed by atoms with Gasteiger partial charge in [-0.15, -0.1) is 0 Å². The highest BCUT2D eigenvalue weighted by molar-refractivity contribution is 5.40. The van der Waals surface area contributed by atoms with E-state index in [1.54, 1.807) is 0 Å². The quantitative estimate of drug-likeness (QED) is 0.867. The Bertz CT molecular complexity index is 414. The van der Waals surface area contributed by atoms with E-state index in [9.17, 15) is 5.11 Å². The van der Waals surface area contributed by atoms with E-state index in [0.29, 0.717) is 0 Å². The second-order valence-electron chi connectivity index (χ2n) is 5.50. The van der Waals surface area contributed by atoms with Gasteiger partial charge in [-0.2, -0.15) is 0 Å². The minimum atomic E-state index is -0.384. The van der Waals surface area contributed by atoms with Crippen LogP contribution in [0.2, 0.25) is 0 Å². The van der Waals surface area contributed by atoms with Crippen molar-refractivity contribution in [2.24, 2.45) is 0 Å². The summed E-state index contributed by atoms with van der Waals surface area (Å²) in [6, 6.07) is 6.10. The lowest BCUT2D eigenvalue weighted by atomic mass is 9.83. The zero-order chi connectivity index (χ0) is 13.2. The average molecular weight is 248 g/mol. The van der Waals surface area contributed by atoms with E-state index in [0.717, 1.165) is 37.0 Å². The van der Waals surface area contributed by atoms with Crippen LogP contribution in [0, 0.1) is 6.92 Å². The van der Waals surface area contributed by atoms with E-state index in [1.165, 1.54) is 12.0 Å². The lowest BCUT2D eigenvalue weighted by Crippen LogP contribution is -2.40. The summed E-state index contributed by atoms with van der Waals surface area (Å²) >= 11 is 0. The Morgan fingerprint density at radius 2 is 2.17 bits per heavy atom. The van der Waals surface area contributed by atoms with Gasteiger partial charge in [0.05, 0.1) is 6.10 Å². The molecule has 0 aromatic heterocycles. The number of fused-ring (bicyclic) bond motifs is 1. The summed E-state index contributed by atoms with van der Waals surface area (Å²) in [6.07, 6.45) is 4.65. The van der Waals surface area contributed by atoms with Crippen LogP contribution >= 0.6 is 0 Å². The van der Waals surface area contributed by atoms with Crippen LogP contribution in [0.25, 0.3) is 0 Å². The molecular weight excluding hydrogens is 224 g/mol. The number of ether oxygens (including phenoxy) is 1. The number of rotatable bonds is 4. The Hall–Kier alpha value is -1.02. The molecule has 1 aromatic carbocycles. The van der Waals surface area contributed by atoms with Crippen molar-refractivity contribution in [2.75, 3.05) is 0 Å². The third kappa shape index (κ3) is 2.54. The summed E-state index contributed by atoms with van der Waals surface area (Å²) in [5, 5.41) is 10.4. The Labute approximate surface area is 110 Å². The van der Waals surface area contributed by atoms with Gasteiger partial charge in [-0.05, 0) is 38.3 Å². The lowest BCUT2D eigenvalue weighted by Gasteiger charge is -2.40. The zero-order valence-electron chi connectivity index (χ0n) is 11.7. The van der Waals surface area contributed by atoms with Gasteiger partial charge in [-0.1, -0.05) is 31.9 Å². The molecule has 18 heavy (non-hydrogen) atoms. The van der Waals surface area contributed by atoms with Crippen molar-refractivity contribution in [1.82, 2.24) is 0 Å². The van der Waals surface area contributed by atoms with Crippen molar-refractivity contribution in [3.8, 4) is 5.75 Å². The van der Waals surface area contributed by atoms with Crippen LogP contribution in [0.4, 0.5) is 0 Å². The minimum absolute atomic E-state index is 0.169. The second kappa shape index (κ2) is 5.31. The van der Waals surface area contributed by atoms with Gasteiger partial charge in [-0.25, -0.2) is 0 Å². The largest absolute Gasteiger partial charge is 0.487 e. The van der Waals surface area contributed by atoms with E-state index in [2.05, 4.69) is 19.9 Å². The van der Waals surface area contributed by atoms with Crippen molar-refractivity contribution in [3.05, 3.63) is 29.3 Å². The van der Waals surface area contributed by atoms with Crippen LogP contribution < -0.4 is 4.74 Å². The SMILES string of the molecule is CCCCC1(CC)C[C@H](O)c2cc(C)ccc2O1. The first kappa shape index (κ1) is 13.4. The van der Waals surface area contributed by atoms with Crippen molar-refractivity contribution in [3.63, 3.8) is 0 Å². The predicted molar refractivity (Wildman–Crippen MR) is 73.9 cm³/mol. The van der Waals surface area contributed by atoms with E-state index in [1.807, 2.05) is 19.1 Å². The molecule has 1 aliphatic rings. The van der Waals surface area contributed by atoms with E-state index >= 15 is 0 Å². The predicted octanol–water partition coefficient (Wildman–Crippen LogP) is 4.15. The Balaban J connectivity index is 2.27. The van der Waals surface area contributed by atoms with Crippen LogP contribution in [0.3, 0.4) is 0 Å². The fourth-order valence-electron chi connectivity index (χ4n) is 2.80. The molecule has 0 saturated carbocycles. The van der Waals surface area contributed by atoms with Gasteiger partial charge in [0.2, 0.25) is 0 Å². The smallest absolute Gasteiger partial charge is 0.125 e. The zero-order valence-corrected chi connectivity index (χ0v) is 11.7. The summed E-state index contributed by atoms with van der Waals surface area (Å²) in [5.41, 5.74) is 1.96. The molecule has 0 amide bonds. The first-order valence-electron chi connectivity index (χ1n) is 7.08. The highest BCUT2D eigenvalue weighted by Crippen LogP contribution is 2.43. The number of unbranched alkanes of at least 4 members (excludes halogenated alkanes) is 1. The number of hydrogen-bond donors (Lipinski definition) is 1. The molecule has 2 nitrogen and oxygen atoms in total. The van der Waals surface area contributed by atoms with Crippen LogP contribution in [-0.4, -0.2) is 10.7 Å². The summed E-state index contributed by atoms with van der Waals surface area (Å²) in [6.45, 7) is 6.40. The molecule has 0 aliphatic carbocycles. The molecule has 2 rings (SSSR count). The third-order valence-electron chi connectivity index (χ3n) is 4.05. The first-order chi connectivity index (χ1) is 8.60. The molecule has 0 radical (unpaired) electrons. The molecule has 100 valence electrons. The highest BCUT2D eigenvalue weighted by atomic mass is 16.5. The third-order valence-corrected chi connectivity index (χ3v) is 4.05. The van der Waals surface area contributed by atoms with Gasteiger partial charge in [0.1, 0.15) is 11.4 Å². The van der Waals surface area contributed by atoms with E-state index in [4.69, 9.17) is 4.74 Å². The number of aryl methyl sites for hydroxylation is 1. The molecule has 2 heteroatoms. The molecule has 2 atom stereocenters. The van der Waals surface area contributed by atoms with Gasteiger partial charge in [0, 0.05) is 12.0 Å². The molecule has 0 saturated heterocycles. The number of aliphatic hydroxyl groups is 1. The van der Waals surface area contributed by atoms with Crippen molar-refractivity contribution in [2.45, 2.75) is 64.6 Å². The van der Waals surface area contributed by atoms with Gasteiger partial charge < -0.3 is 9.84 Å². The second-order valence-corrected chi connectivity index (χ2v) is 5.50. The van der Waals surface area contributed by atoms with Crippen molar-refractivity contribution < 1.29 is 9.84 Å². The standard InChI is InChI=1S/C16H24O2/c1-4-6-9-16(5-2)11-14(17)13-10-12(3)7-8-15(13)18-16/h7-8,10,14,17H,4-6,9,11H2,1-3H3/t14-,16?/m0/s1. The molecule has 1 aromatic rings. The fourth-order valence-corrected chi connectivity index (χ4v) is 2.80. The van der Waals surface area contributed by atoms with E-state index < -0.39 is 0 Å². The van der Waals surface area contributed by atoms with Crippen LogP contribution in [-0.2, 0) is 0 Å². The monoisotopic (exact) mass is 248 g/mol. The number of benzene rings is 1. The average Bonchev–Trinajstić information content (AvgIpc) is 2.37. The maximum Gasteiger partial charge on any atom is 0.125 e. The molecule has 1 unspecified atom stereocenters. The molecule has 0 fully saturated rings. The van der Waals surface area contributed by atoms with Crippen molar-refractivity contribution >= 4 is 0 Å². The Morgan fingerprint density at radius 3 is 2.83 bits per heavy atom. The molecule has 1 heterocycles. The minimum Gasteiger partial charge on any atom is -0.487 e. The highest BCUT2D eigenvalue weighted by Gasteiger charge is 2.38. The van der Waals surface area contributed by atoms with Crippen LogP contribution in [0.15, 0.2) is 18.2 Å². The number of hydrogen-bond acceptors (Lipinski definition) is 2. The van der Waals surface area contributed by atoms with Gasteiger partial charge in [0.25, 0.3) is 0 Å². The topological polar surface area (TPSA) is 29.5 Å². The summed E-state index contributed by atoms with van der Waals surface area (Å²) in [4.78, 5) is 0. The Morgan fingerprint density at radius 1 is 1.39 bits per heavy atom. The van der Waals surface area contributed by atoms with Gasteiger partial charge in [-0.3, -0.25) is 0 Å². The van der Waals surface area contributed by atoms with Gasteiger partial charge >= 0.3 is 0 Å². The van der Waals surface area contributed by atoms with Crippen LogP contribution in [0.5, 0.6) is 5.75 Å². The molecular formula is C16H24O2. The molecule has 0 bridgehead atoms. The maximum absolute atomic E-state index is 10.4. The normalized spacial score (nSPS) is 26.6. The molecule has 1 aliphatic heterocycles. The lowest BCUT2D eigenvalue weighted by molar-refractivity contribution is -0.0241. The molecule has 0 spiro atoms. The Kier molecular flexibility index (Phi) is 3.96. The van der Waals surface area contributed by atoms with E-state index in [-0.39, 0.29) is 11.7 Å². The summed E-state index contributed by atoms with van der Waals surface area (Å²) in [7, 11) is 0. The summed E-state index contributed by atoms with van der Waals surface area (Å²) < 4.78 is 6.24. The fraction of sp³-hybridized carbons (Fsp3) is 0.625.